The van der Waals surface area contributed by atoms with Crippen molar-refractivity contribution in [2.45, 2.75) is 45.7 Å². The van der Waals surface area contributed by atoms with Crippen LogP contribution in [0.1, 0.15) is 36.5 Å². The van der Waals surface area contributed by atoms with E-state index in [0.717, 1.165) is 29.5 Å². The maximum absolute atomic E-state index is 13.6. The van der Waals surface area contributed by atoms with Gasteiger partial charge in [-0.3, -0.25) is 9.59 Å². The van der Waals surface area contributed by atoms with E-state index in [1.54, 1.807) is 35.2 Å². The summed E-state index contributed by atoms with van der Waals surface area (Å²) in [6.07, 6.45) is 2.21. The van der Waals surface area contributed by atoms with Crippen molar-refractivity contribution < 1.29 is 14.3 Å². The Morgan fingerprint density at radius 3 is 2.42 bits per heavy atom. The minimum absolute atomic E-state index is 0.190. The van der Waals surface area contributed by atoms with Crippen LogP contribution in [0.25, 0.3) is 0 Å². The van der Waals surface area contributed by atoms with E-state index in [4.69, 9.17) is 27.9 Å². The van der Waals surface area contributed by atoms with Gasteiger partial charge in [0.25, 0.3) is 5.91 Å². The van der Waals surface area contributed by atoms with Crippen molar-refractivity contribution in [2.75, 3.05) is 13.2 Å². The number of carbonyl (C=O) groups excluding carboxylic acids is 2. The summed E-state index contributed by atoms with van der Waals surface area (Å²) >= 11 is 12.3. The van der Waals surface area contributed by atoms with Crippen molar-refractivity contribution >= 4 is 35.0 Å². The summed E-state index contributed by atoms with van der Waals surface area (Å²) in [4.78, 5) is 28.6. The van der Waals surface area contributed by atoms with Crippen LogP contribution in [0, 0.1) is 6.92 Å². The maximum Gasteiger partial charge on any atom is 0.261 e. The molecular formula is C29H32Cl2N2O3. The Bertz CT molecular complexity index is 1150. The Kier molecular flexibility index (Phi) is 10.6. The Balaban J connectivity index is 1.89. The van der Waals surface area contributed by atoms with Crippen molar-refractivity contribution in [2.24, 2.45) is 0 Å². The first-order valence-electron chi connectivity index (χ1n) is 12.1. The molecule has 0 aliphatic carbocycles. The first-order chi connectivity index (χ1) is 17.4. The van der Waals surface area contributed by atoms with Crippen LogP contribution in [0.2, 0.25) is 10.0 Å². The molecule has 1 N–H and O–H groups in total. The number of benzene rings is 3. The lowest BCUT2D eigenvalue weighted by atomic mass is 10.0. The Morgan fingerprint density at radius 2 is 1.72 bits per heavy atom. The third-order valence-corrected chi connectivity index (χ3v) is 6.49. The number of aryl methyl sites for hydroxylation is 1. The summed E-state index contributed by atoms with van der Waals surface area (Å²) in [6.45, 7) is 4.51. The van der Waals surface area contributed by atoms with Crippen LogP contribution in [0.4, 0.5) is 0 Å². The molecule has 1 atom stereocenters. The van der Waals surface area contributed by atoms with Gasteiger partial charge in [-0.15, -0.1) is 0 Å². The van der Waals surface area contributed by atoms with Gasteiger partial charge in [-0.2, -0.15) is 0 Å². The summed E-state index contributed by atoms with van der Waals surface area (Å²) in [5.41, 5.74) is 2.65. The number of carbonyl (C=O) groups is 2. The normalized spacial score (nSPS) is 11.6. The smallest absolute Gasteiger partial charge is 0.261 e. The summed E-state index contributed by atoms with van der Waals surface area (Å²) in [7, 11) is 0. The van der Waals surface area contributed by atoms with E-state index >= 15 is 0 Å². The fraction of sp³-hybridized carbons (Fsp3) is 0.310. The van der Waals surface area contributed by atoms with Crippen LogP contribution < -0.4 is 10.1 Å². The molecule has 3 rings (SSSR count). The lowest BCUT2D eigenvalue weighted by molar-refractivity contribution is -0.142. The second kappa shape index (κ2) is 13.9. The summed E-state index contributed by atoms with van der Waals surface area (Å²) in [6, 6.07) is 21.5. The monoisotopic (exact) mass is 526 g/mol. The molecule has 0 heterocycles. The van der Waals surface area contributed by atoms with Crippen molar-refractivity contribution in [1.29, 1.82) is 0 Å². The van der Waals surface area contributed by atoms with E-state index < -0.39 is 6.04 Å². The van der Waals surface area contributed by atoms with E-state index in [1.807, 2.05) is 49.4 Å². The molecule has 0 bridgehead atoms. The molecule has 0 aliphatic heterocycles. The molecule has 0 radical (unpaired) electrons. The second-order valence-electron chi connectivity index (χ2n) is 8.70. The largest absolute Gasteiger partial charge is 0.484 e. The van der Waals surface area contributed by atoms with Crippen LogP contribution in [0.15, 0.2) is 72.8 Å². The fourth-order valence-corrected chi connectivity index (χ4v) is 4.16. The summed E-state index contributed by atoms with van der Waals surface area (Å²) < 4.78 is 5.82. The average Bonchev–Trinajstić information content (AvgIpc) is 2.87. The van der Waals surface area contributed by atoms with Gasteiger partial charge in [0.15, 0.2) is 6.61 Å². The third-order valence-electron chi connectivity index (χ3n) is 5.83. The predicted molar refractivity (Wildman–Crippen MR) is 146 cm³/mol. The van der Waals surface area contributed by atoms with Crippen molar-refractivity contribution in [3.05, 3.63) is 99.5 Å². The fourth-order valence-electron chi connectivity index (χ4n) is 3.83. The number of halogens is 2. The number of unbranched alkanes of at least 4 members (excludes halogenated alkanes) is 1. The second-order valence-corrected chi connectivity index (χ2v) is 9.54. The zero-order chi connectivity index (χ0) is 25.9. The molecule has 36 heavy (non-hydrogen) atoms. The zero-order valence-electron chi connectivity index (χ0n) is 20.7. The lowest BCUT2D eigenvalue weighted by Gasteiger charge is -2.31. The highest BCUT2D eigenvalue weighted by Gasteiger charge is 2.30. The number of ether oxygens (including phenoxy) is 1. The molecule has 0 aromatic heterocycles. The molecule has 0 saturated carbocycles. The minimum atomic E-state index is -0.716. The summed E-state index contributed by atoms with van der Waals surface area (Å²) in [5.74, 6) is 0.0548. The van der Waals surface area contributed by atoms with E-state index in [9.17, 15) is 9.59 Å². The van der Waals surface area contributed by atoms with Gasteiger partial charge in [-0.05, 0) is 60.4 Å². The molecular weight excluding hydrogens is 495 g/mol. The summed E-state index contributed by atoms with van der Waals surface area (Å²) in [5, 5.41) is 4.21. The highest BCUT2D eigenvalue weighted by Crippen LogP contribution is 2.22. The predicted octanol–water partition coefficient (Wildman–Crippen LogP) is 6.24. The third kappa shape index (κ3) is 8.28. The van der Waals surface area contributed by atoms with Crippen LogP contribution in [-0.4, -0.2) is 35.9 Å². The van der Waals surface area contributed by atoms with Crippen molar-refractivity contribution in [1.82, 2.24) is 10.2 Å². The zero-order valence-corrected chi connectivity index (χ0v) is 22.2. The minimum Gasteiger partial charge on any atom is -0.484 e. The van der Waals surface area contributed by atoms with Crippen LogP contribution in [0.5, 0.6) is 5.75 Å². The van der Waals surface area contributed by atoms with Gasteiger partial charge >= 0.3 is 0 Å². The molecule has 0 saturated heterocycles. The highest BCUT2D eigenvalue weighted by atomic mass is 35.5. The first kappa shape index (κ1) is 27.6. The molecule has 0 spiro atoms. The Morgan fingerprint density at radius 1 is 0.972 bits per heavy atom. The number of rotatable bonds is 12. The molecule has 5 nitrogen and oxygen atoms in total. The lowest BCUT2D eigenvalue weighted by Crippen LogP contribution is -2.51. The molecule has 0 unspecified atom stereocenters. The SMILES string of the molecule is CCCCNC(=O)[C@@H](Cc1ccccc1)N(Cc1cccc(Cl)c1)C(=O)COc1ccc(Cl)c(C)c1. The topological polar surface area (TPSA) is 58.6 Å². The molecule has 0 fully saturated rings. The van der Waals surface area contributed by atoms with Gasteiger partial charge in [0.1, 0.15) is 11.8 Å². The standard InChI is InChI=1S/C29H32Cl2N2O3/c1-3-4-15-32-29(35)27(18-22-9-6-5-7-10-22)33(19-23-11-8-12-24(30)17-23)28(34)20-36-25-13-14-26(31)21(2)16-25/h5-14,16-17,27H,3-4,15,18-20H2,1-2H3,(H,32,35)/t27-/m1/s1. The highest BCUT2D eigenvalue weighted by molar-refractivity contribution is 6.31. The molecule has 2 amide bonds. The van der Waals surface area contributed by atoms with Crippen LogP contribution in [0.3, 0.4) is 0 Å². The van der Waals surface area contributed by atoms with Gasteiger partial charge in [0.2, 0.25) is 5.91 Å². The Hall–Kier alpha value is -3.02. The van der Waals surface area contributed by atoms with E-state index in [2.05, 4.69) is 12.2 Å². The molecule has 0 aliphatic rings. The van der Waals surface area contributed by atoms with Gasteiger partial charge in [-0.25, -0.2) is 0 Å². The first-order valence-corrected chi connectivity index (χ1v) is 12.9. The van der Waals surface area contributed by atoms with Crippen molar-refractivity contribution in [3.63, 3.8) is 0 Å². The number of hydrogen-bond donors (Lipinski definition) is 1. The number of nitrogens with one attached hydrogen (secondary N) is 1. The van der Waals surface area contributed by atoms with Gasteiger partial charge in [-0.1, -0.05) is 79.0 Å². The molecule has 3 aromatic rings. The Labute approximate surface area is 223 Å². The van der Waals surface area contributed by atoms with Gasteiger partial charge < -0.3 is 15.0 Å². The van der Waals surface area contributed by atoms with Crippen LogP contribution in [-0.2, 0) is 22.6 Å². The van der Waals surface area contributed by atoms with Crippen LogP contribution >= 0.6 is 23.2 Å². The van der Waals surface area contributed by atoms with E-state index in [-0.39, 0.29) is 25.0 Å². The molecule has 3 aromatic carbocycles. The van der Waals surface area contributed by atoms with Gasteiger partial charge in [0, 0.05) is 29.6 Å². The number of amides is 2. The molecule has 190 valence electrons. The van der Waals surface area contributed by atoms with Crippen molar-refractivity contribution in [3.8, 4) is 5.75 Å². The number of hydrogen-bond acceptors (Lipinski definition) is 3. The number of nitrogens with zero attached hydrogens (tertiary/aromatic N) is 1. The molecule has 7 heteroatoms. The van der Waals surface area contributed by atoms with E-state index in [1.165, 1.54) is 0 Å². The quantitative estimate of drug-likeness (QED) is 0.284. The average molecular weight is 527 g/mol. The van der Waals surface area contributed by atoms with E-state index in [0.29, 0.717) is 28.8 Å². The maximum atomic E-state index is 13.6. The van der Waals surface area contributed by atoms with Gasteiger partial charge in [0.05, 0.1) is 0 Å².